The highest BCUT2D eigenvalue weighted by atomic mass is 16.5. The smallest absolute Gasteiger partial charge is 0.245 e. The summed E-state index contributed by atoms with van der Waals surface area (Å²) < 4.78 is 13.3. The zero-order chi connectivity index (χ0) is 22.8. The number of unbranched alkanes of at least 4 members (excludes halogenated alkanes) is 2. The highest BCUT2D eigenvalue weighted by Gasteiger charge is 2.11. The summed E-state index contributed by atoms with van der Waals surface area (Å²) in [5.41, 5.74) is 4.58. The summed E-state index contributed by atoms with van der Waals surface area (Å²) in [5, 5.41) is 2.87. The molecule has 3 aromatic rings. The highest BCUT2D eigenvalue weighted by molar-refractivity contribution is 5.77. The number of rotatable bonds is 13. The standard InChI is InChI=1S/C26H35N3O3/c1-20-11-9-12-21(2)26(20)32-18-10-17-29-23-14-7-6-13-22(23)28-24(29)15-5-4-8-16-27-25(30)19-31-3/h6-7,9,11-14H,4-5,8,10,15-19H2,1-3H3,(H,27,30). The number of nitrogens with zero attached hydrogens (tertiary/aromatic N) is 2. The molecule has 0 unspecified atom stereocenters. The number of ether oxygens (including phenoxy) is 2. The maximum absolute atomic E-state index is 11.4. The summed E-state index contributed by atoms with van der Waals surface area (Å²) in [7, 11) is 1.53. The van der Waals surface area contributed by atoms with Crippen molar-refractivity contribution in [1.29, 1.82) is 0 Å². The molecule has 0 radical (unpaired) electrons. The van der Waals surface area contributed by atoms with Gasteiger partial charge in [-0.2, -0.15) is 0 Å². The minimum atomic E-state index is -0.0580. The van der Waals surface area contributed by atoms with Crippen LogP contribution in [0, 0.1) is 13.8 Å². The molecular formula is C26H35N3O3. The average Bonchev–Trinajstić information content (AvgIpc) is 3.13. The van der Waals surface area contributed by atoms with Gasteiger partial charge in [-0.25, -0.2) is 4.98 Å². The molecule has 0 fully saturated rings. The number of amides is 1. The van der Waals surface area contributed by atoms with Crippen LogP contribution in [0.5, 0.6) is 5.75 Å². The van der Waals surface area contributed by atoms with E-state index in [0.717, 1.165) is 55.7 Å². The van der Waals surface area contributed by atoms with E-state index in [9.17, 15) is 4.79 Å². The van der Waals surface area contributed by atoms with Crippen LogP contribution in [0.1, 0.15) is 42.6 Å². The van der Waals surface area contributed by atoms with Crippen molar-refractivity contribution in [2.45, 2.75) is 52.5 Å². The first-order valence-electron chi connectivity index (χ1n) is 11.5. The molecule has 2 aromatic carbocycles. The van der Waals surface area contributed by atoms with Gasteiger partial charge in [-0.1, -0.05) is 36.8 Å². The Balaban J connectivity index is 1.52. The van der Waals surface area contributed by atoms with E-state index >= 15 is 0 Å². The van der Waals surface area contributed by atoms with E-state index in [0.29, 0.717) is 13.2 Å². The molecule has 1 aromatic heterocycles. The molecule has 1 heterocycles. The van der Waals surface area contributed by atoms with Gasteiger partial charge in [0.2, 0.25) is 5.91 Å². The molecule has 6 heteroatoms. The number of hydrogen-bond donors (Lipinski definition) is 1. The number of fused-ring (bicyclic) bond motifs is 1. The van der Waals surface area contributed by atoms with E-state index in [2.05, 4.69) is 60.1 Å². The van der Waals surface area contributed by atoms with Gasteiger partial charge in [0.1, 0.15) is 18.2 Å². The summed E-state index contributed by atoms with van der Waals surface area (Å²) in [4.78, 5) is 16.3. The van der Waals surface area contributed by atoms with Crippen LogP contribution in [0.3, 0.4) is 0 Å². The second kappa shape index (κ2) is 12.2. The summed E-state index contributed by atoms with van der Waals surface area (Å²) in [6.07, 6.45) is 4.90. The molecule has 0 atom stereocenters. The minimum absolute atomic E-state index is 0.0580. The molecule has 172 valence electrons. The van der Waals surface area contributed by atoms with Crippen molar-refractivity contribution in [3.05, 3.63) is 59.4 Å². The number of methoxy groups -OCH3 is 1. The molecule has 32 heavy (non-hydrogen) atoms. The van der Waals surface area contributed by atoms with Gasteiger partial charge in [0.05, 0.1) is 17.6 Å². The molecule has 0 bridgehead atoms. The maximum Gasteiger partial charge on any atom is 0.245 e. The largest absolute Gasteiger partial charge is 0.493 e. The summed E-state index contributed by atoms with van der Waals surface area (Å²) in [6, 6.07) is 14.6. The lowest BCUT2D eigenvalue weighted by atomic mass is 10.1. The molecule has 0 saturated carbocycles. The molecule has 0 aliphatic rings. The van der Waals surface area contributed by atoms with Gasteiger partial charge >= 0.3 is 0 Å². The minimum Gasteiger partial charge on any atom is -0.493 e. The summed E-state index contributed by atoms with van der Waals surface area (Å²) in [5.74, 6) is 2.07. The second-order valence-electron chi connectivity index (χ2n) is 8.18. The molecule has 0 saturated heterocycles. The van der Waals surface area contributed by atoms with Crippen LogP contribution in [0.15, 0.2) is 42.5 Å². The van der Waals surface area contributed by atoms with Crippen molar-refractivity contribution >= 4 is 16.9 Å². The van der Waals surface area contributed by atoms with Crippen LogP contribution in [0.4, 0.5) is 0 Å². The van der Waals surface area contributed by atoms with Crippen molar-refractivity contribution < 1.29 is 14.3 Å². The van der Waals surface area contributed by atoms with Gasteiger partial charge < -0.3 is 19.4 Å². The normalized spacial score (nSPS) is 11.1. The van der Waals surface area contributed by atoms with Gasteiger partial charge in [0.25, 0.3) is 0 Å². The van der Waals surface area contributed by atoms with E-state index in [1.165, 1.54) is 23.8 Å². The predicted molar refractivity (Wildman–Crippen MR) is 128 cm³/mol. The zero-order valence-electron chi connectivity index (χ0n) is 19.5. The van der Waals surface area contributed by atoms with Crippen molar-refractivity contribution in [2.24, 2.45) is 0 Å². The number of para-hydroxylation sites is 3. The third kappa shape index (κ3) is 6.57. The summed E-state index contributed by atoms with van der Waals surface area (Å²) in [6.45, 7) is 6.55. The van der Waals surface area contributed by atoms with Gasteiger partial charge in [0.15, 0.2) is 0 Å². The first-order valence-corrected chi connectivity index (χ1v) is 11.5. The Morgan fingerprint density at radius 1 is 1.00 bits per heavy atom. The number of nitrogens with one attached hydrogen (secondary N) is 1. The number of aryl methyl sites for hydroxylation is 4. The van der Waals surface area contributed by atoms with Gasteiger partial charge in [-0.05, 0) is 56.4 Å². The van der Waals surface area contributed by atoms with Crippen LogP contribution in [-0.4, -0.2) is 42.3 Å². The Labute approximate surface area is 190 Å². The quantitative estimate of drug-likeness (QED) is 0.397. The Kier molecular flexibility index (Phi) is 9.11. The van der Waals surface area contributed by atoms with Gasteiger partial charge in [-0.15, -0.1) is 0 Å². The second-order valence-corrected chi connectivity index (χ2v) is 8.18. The number of carbonyl (C=O) groups is 1. The Hall–Kier alpha value is -2.86. The van der Waals surface area contributed by atoms with Crippen molar-refractivity contribution in [1.82, 2.24) is 14.9 Å². The topological polar surface area (TPSA) is 65.4 Å². The fourth-order valence-electron chi connectivity index (χ4n) is 3.98. The van der Waals surface area contributed by atoms with Crippen molar-refractivity contribution in [3.63, 3.8) is 0 Å². The number of benzene rings is 2. The fourth-order valence-corrected chi connectivity index (χ4v) is 3.98. The van der Waals surface area contributed by atoms with E-state index in [4.69, 9.17) is 14.5 Å². The first-order chi connectivity index (χ1) is 15.6. The molecule has 0 spiro atoms. The van der Waals surface area contributed by atoms with Crippen LogP contribution >= 0.6 is 0 Å². The third-order valence-electron chi connectivity index (χ3n) is 5.59. The molecule has 6 nitrogen and oxygen atoms in total. The Bertz CT molecular complexity index is 992. The highest BCUT2D eigenvalue weighted by Crippen LogP contribution is 2.23. The summed E-state index contributed by atoms with van der Waals surface area (Å²) >= 11 is 0. The lowest BCUT2D eigenvalue weighted by Crippen LogP contribution is -2.27. The monoisotopic (exact) mass is 437 g/mol. The molecule has 0 aliphatic heterocycles. The number of carbonyl (C=O) groups excluding carboxylic acids is 1. The van der Waals surface area contributed by atoms with Gasteiger partial charge in [0, 0.05) is 26.6 Å². The van der Waals surface area contributed by atoms with Crippen LogP contribution < -0.4 is 10.1 Å². The van der Waals surface area contributed by atoms with E-state index < -0.39 is 0 Å². The van der Waals surface area contributed by atoms with E-state index in [1.807, 2.05) is 6.07 Å². The van der Waals surface area contributed by atoms with Gasteiger partial charge in [-0.3, -0.25) is 4.79 Å². The lowest BCUT2D eigenvalue weighted by molar-refractivity contribution is -0.124. The lowest BCUT2D eigenvalue weighted by Gasteiger charge is -2.13. The van der Waals surface area contributed by atoms with Crippen molar-refractivity contribution in [2.75, 3.05) is 26.9 Å². The average molecular weight is 438 g/mol. The van der Waals surface area contributed by atoms with Crippen LogP contribution in [0.25, 0.3) is 11.0 Å². The van der Waals surface area contributed by atoms with Crippen LogP contribution in [0.2, 0.25) is 0 Å². The number of imidazole rings is 1. The molecule has 1 N–H and O–H groups in total. The zero-order valence-corrected chi connectivity index (χ0v) is 19.5. The fraction of sp³-hybridized carbons (Fsp3) is 0.462. The predicted octanol–water partition coefficient (Wildman–Crippen LogP) is 4.60. The molecular weight excluding hydrogens is 402 g/mol. The van der Waals surface area contributed by atoms with Crippen LogP contribution in [-0.2, 0) is 22.5 Å². The number of aromatic nitrogens is 2. The molecule has 1 amide bonds. The Morgan fingerprint density at radius 2 is 1.78 bits per heavy atom. The van der Waals surface area contributed by atoms with Crippen molar-refractivity contribution in [3.8, 4) is 5.75 Å². The maximum atomic E-state index is 11.4. The third-order valence-corrected chi connectivity index (χ3v) is 5.59. The van der Waals surface area contributed by atoms with E-state index in [1.54, 1.807) is 0 Å². The first kappa shape index (κ1) is 23.8. The molecule has 3 rings (SSSR count). The van der Waals surface area contributed by atoms with E-state index in [-0.39, 0.29) is 12.5 Å². The number of hydrogen-bond acceptors (Lipinski definition) is 4. The Morgan fingerprint density at radius 3 is 2.56 bits per heavy atom. The molecule has 0 aliphatic carbocycles. The SMILES string of the molecule is COCC(=O)NCCCCCc1nc2ccccc2n1CCCOc1c(C)cccc1C.